The number of aliphatic carboxylic acids is 1. The largest absolute Gasteiger partial charge is 0.481 e. The second-order valence-electron chi connectivity index (χ2n) is 5.37. The molecule has 1 aromatic rings. The summed E-state index contributed by atoms with van der Waals surface area (Å²) in [5, 5.41) is 12.5. The lowest BCUT2D eigenvalue weighted by Gasteiger charge is -2.18. The van der Waals surface area contributed by atoms with Gasteiger partial charge in [0.1, 0.15) is 0 Å². The highest BCUT2D eigenvalue weighted by molar-refractivity contribution is 6.30. The van der Waals surface area contributed by atoms with Gasteiger partial charge < -0.3 is 10.4 Å². The first-order chi connectivity index (χ1) is 9.02. The zero-order valence-electron chi connectivity index (χ0n) is 10.2. The van der Waals surface area contributed by atoms with E-state index in [-0.39, 0.29) is 17.4 Å². The molecule has 19 heavy (non-hydrogen) atoms. The van der Waals surface area contributed by atoms with Crippen molar-refractivity contribution < 1.29 is 14.7 Å². The molecule has 2 saturated carbocycles. The SMILES string of the molecule is O=C(O)[C@H]1C[C@@H]1C(=O)NC1(c2cccc(Cl)c2)CC1. The lowest BCUT2D eigenvalue weighted by atomic mass is 10.0. The molecule has 0 unspecified atom stereocenters. The van der Waals surface area contributed by atoms with Crippen LogP contribution < -0.4 is 5.32 Å². The molecule has 0 bridgehead atoms. The van der Waals surface area contributed by atoms with Crippen LogP contribution in [0.15, 0.2) is 24.3 Å². The summed E-state index contributed by atoms with van der Waals surface area (Å²) in [5.41, 5.74) is 0.675. The molecule has 2 aliphatic carbocycles. The third kappa shape index (κ3) is 2.32. The van der Waals surface area contributed by atoms with Crippen LogP contribution >= 0.6 is 11.6 Å². The van der Waals surface area contributed by atoms with Crippen molar-refractivity contribution in [1.82, 2.24) is 5.32 Å². The van der Waals surface area contributed by atoms with Gasteiger partial charge in [-0.2, -0.15) is 0 Å². The quantitative estimate of drug-likeness (QED) is 0.888. The number of hydrogen-bond donors (Lipinski definition) is 2. The van der Waals surface area contributed by atoms with Crippen LogP contribution in [-0.2, 0) is 15.1 Å². The molecule has 0 aromatic heterocycles. The number of halogens is 1. The maximum Gasteiger partial charge on any atom is 0.307 e. The molecular weight excluding hydrogens is 266 g/mol. The second-order valence-corrected chi connectivity index (χ2v) is 5.81. The Balaban J connectivity index is 1.70. The molecule has 0 aliphatic heterocycles. The second kappa shape index (κ2) is 4.23. The number of rotatable bonds is 4. The van der Waals surface area contributed by atoms with Crippen LogP contribution in [0.25, 0.3) is 0 Å². The number of carboxylic acids is 1. The van der Waals surface area contributed by atoms with E-state index in [4.69, 9.17) is 16.7 Å². The predicted molar refractivity (Wildman–Crippen MR) is 69.7 cm³/mol. The van der Waals surface area contributed by atoms with Crippen LogP contribution in [0.5, 0.6) is 0 Å². The van der Waals surface area contributed by atoms with Gasteiger partial charge in [0.2, 0.25) is 5.91 Å². The van der Waals surface area contributed by atoms with E-state index >= 15 is 0 Å². The maximum atomic E-state index is 12.0. The highest BCUT2D eigenvalue weighted by atomic mass is 35.5. The number of amides is 1. The standard InChI is InChI=1S/C14H14ClNO3/c15-9-3-1-2-8(6-9)14(4-5-14)16-12(17)10-7-11(10)13(18)19/h1-3,6,10-11H,4-5,7H2,(H,16,17)(H,18,19)/t10-,11-/m0/s1. The Kier molecular flexibility index (Phi) is 2.78. The van der Waals surface area contributed by atoms with Crippen molar-refractivity contribution in [3.8, 4) is 0 Å². The highest BCUT2D eigenvalue weighted by Gasteiger charge is 2.53. The summed E-state index contributed by atoms with van der Waals surface area (Å²) in [7, 11) is 0. The topological polar surface area (TPSA) is 66.4 Å². The Bertz CT molecular complexity index is 553. The molecule has 2 N–H and O–H groups in total. The number of nitrogens with one attached hydrogen (secondary N) is 1. The van der Waals surface area contributed by atoms with Gasteiger partial charge in [0.25, 0.3) is 0 Å². The molecule has 0 heterocycles. The first-order valence-electron chi connectivity index (χ1n) is 6.33. The van der Waals surface area contributed by atoms with Crippen LogP contribution in [-0.4, -0.2) is 17.0 Å². The Morgan fingerprint density at radius 2 is 2.05 bits per heavy atom. The number of carboxylic acid groups (broad SMARTS) is 1. The van der Waals surface area contributed by atoms with E-state index in [1.54, 1.807) is 6.07 Å². The molecule has 0 radical (unpaired) electrons. The Labute approximate surface area is 115 Å². The monoisotopic (exact) mass is 279 g/mol. The maximum absolute atomic E-state index is 12.0. The summed E-state index contributed by atoms with van der Waals surface area (Å²) in [6.45, 7) is 0. The fourth-order valence-corrected chi connectivity index (χ4v) is 2.67. The van der Waals surface area contributed by atoms with Crippen molar-refractivity contribution in [3.05, 3.63) is 34.9 Å². The third-order valence-electron chi connectivity index (χ3n) is 3.93. The fourth-order valence-electron chi connectivity index (χ4n) is 2.48. The molecule has 0 spiro atoms. The molecular formula is C14H14ClNO3. The van der Waals surface area contributed by atoms with Gasteiger partial charge in [-0.3, -0.25) is 9.59 Å². The van der Waals surface area contributed by atoms with Gasteiger partial charge in [-0.1, -0.05) is 23.7 Å². The molecule has 2 fully saturated rings. The average Bonchev–Trinajstić information content (AvgIpc) is 3.23. The van der Waals surface area contributed by atoms with Crippen molar-refractivity contribution in [2.24, 2.45) is 11.8 Å². The normalized spacial score (nSPS) is 26.6. The van der Waals surface area contributed by atoms with Gasteiger partial charge in [-0.25, -0.2) is 0 Å². The van der Waals surface area contributed by atoms with Crippen molar-refractivity contribution in [2.45, 2.75) is 24.8 Å². The summed E-state index contributed by atoms with van der Waals surface area (Å²) in [4.78, 5) is 22.8. The van der Waals surface area contributed by atoms with Crippen molar-refractivity contribution >= 4 is 23.5 Å². The lowest BCUT2D eigenvalue weighted by molar-refractivity contribution is -0.140. The molecule has 4 nitrogen and oxygen atoms in total. The van der Waals surface area contributed by atoms with Crippen LogP contribution in [0.2, 0.25) is 5.02 Å². The van der Waals surface area contributed by atoms with Crippen LogP contribution in [0.4, 0.5) is 0 Å². The molecule has 2 atom stereocenters. The van der Waals surface area contributed by atoms with E-state index < -0.39 is 11.9 Å². The number of carbonyl (C=O) groups is 2. The van der Waals surface area contributed by atoms with Gasteiger partial charge in [0, 0.05) is 5.02 Å². The Morgan fingerprint density at radius 3 is 2.58 bits per heavy atom. The Hall–Kier alpha value is -1.55. The Morgan fingerprint density at radius 1 is 1.32 bits per heavy atom. The van der Waals surface area contributed by atoms with E-state index in [1.165, 1.54) is 0 Å². The van der Waals surface area contributed by atoms with E-state index in [2.05, 4.69) is 5.32 Å². The molecule has 1 amide bonds. The first kappa shape index (κ1) is 12.5. The van der Waals surface area contributed by atoms with Crippen LogP contribution in [0, 0.1) is 11.8 Å². The van der Waals surface area contributed by atoms with E-state index in [0.717, 1.165) is 18.4 Å². The molecule has 100 valence electrons. The average molecular weight is 280 g/mol. The summed E-state index contributed by atoms with van der Waals surface area (Å²) in [5.74, 6) is -1.90. The molecule has 1 aromatic carbocycles. The van der Waals surface area contributed by atoms with E-state index in [0.29, 0.717) is 11.4 Å². The highest BCUT2D eigenvalue weighted by Crippen LogP contribution is 2.48. The zero-order valence-corrected chi connectivity index (χ0v) is 11.0. The summed E-state index contributed by atoms with van der Waals surface area (Å²) < 4.78 is 0. The number of hydrogen-bond acceptors (Lipinski definition) is 2. The predicted octanol–water partition coefficient (Wildman–Crippen LogP) is 2.17. The van der Waals surface area contributed by atoms with Crippen molar-refractivity contribution in [3.63, 3.8) is 0 Å². The van der Waals surface area contributed by atoms with Crippen LogP contribution in [0.1, 0.15) is 24.8 Å². The van der Waals surface area contributed by atoms with Crippen molar-refractivity contribution in [2.75, 3.05) is 0 Å². The zero-order chi connectivity index (χ0) is 13.6. The van der Waals surface area contributed by atoms with E-state index in [9.17, 15) is 9.59 Å². The molecule has 5 heteroatoms. The summed E-state index contributed by atoms with van der Waals surface area (Å²) in [6.07, 6.45) is 2.21. The minimum atomic E-state index is -0.882. The smallest absolute Gasteiger partial charge is 0.307 e. The number of carbonyl (C=O) groups excluding carboxylic acids is 1. The molecule has 2 aliphatic rings. The molecule has 3 rings (SSSR count). The summed E-state index contributed by atoms with van der Waals surface area (Å²) in [6, 6.07) is 7.46. The molecule has 0 saturated heterocycles. The summed E-state index contributed by atoms with van der Waals surface area (Å²) >= 11 is 5.96. The third-order valence-corrected chi connectivity index (χ3v) is 4.17. The van der Waals surface area contributed by atoms with Gasteiger partial charge in [0.05, 0.1) is 17.4 Å². The van der Waals surface area contributed by atoms with Gasteiger partial charge in [-0.15, -0.1) is 0 Å². The number of benzene rings is 1. The van der Waals surface area contributed by atoms with Gasteiger partial charge in [-0.05, 0) is 37.0 Å². The minimum absolute atomic E-state index is 0.148. The van der Waals surface area contributed by atoms with Crippen molar-refractivity contribution in [1.29, 1.82) is 0 Å². The lowest BCUT2D eigenvalue weighted by Crippen LogP contribution is -2.36. The first-order valence-corrected chi connectivity index (χ1v) is 6.70. The van der Waals surface area contributed by atoms with Gasteiger partial charge >= 0.3 is 5.97 Å². The van der Waals surface area contributed by atoms with Gasteiger partial charge in [0.15, 0.2) is 0 Å². The minimum Gasteiger partial charge on any atom is -0.481 e. The van der Waals surface area contributed by atoms with E-state index in [1.807, 2.05) is 18.2 Å². The fraction of sp³-hybridized carbons (Fsp3) is 0.429. The van der Waals surface area contributed by atoms with Crippen LogP contribution in [0.3, 0.4) is 0 Å².